The molecule has 0 saturated carbocycles. The van der Waals surface area contributed by atoms with Crippen molar-refractivity contribution in [3.8, 4) is 5.75 Å². The molecule has 0 saturated heterocycles. The Labute approximate surface area is 127 Å². The Morgan fingerprint density at radius 1 is 1.05 bits per heavy atom. The molecule has 2 aromatic rings. The minimum Gasteiger partial charge on any atom is -0.497 e. The van der Waals surface area contributed by atoms with Crippen LogP contribution in [0.25, 0.3) is 0 Å². The largest absolute Gasteiger partial charge is 0.497 e. The fourth-order valence-electron chi connectivity index (χ4n) is 2.25. The van der Waals surface area contributed by atoms with Gasteiger partial charge in [-0.25, -0.2) is 0 Å². The van der Waals surface area contributed by atoms with Crippen molar-refractivity contribution in [3.05, 3.63) is 54.1 Å². The Morgan fingerprint density at radius 3 is 2.33 bits per heavy atom. The number of ether oxygens (including phenoxy) is 1. The fourth-order valence-corrected chi connectivity index (χ4v) is 2.25. The Bertz CT molecular complexity index is 564. The molecule has 112 valence electrons. The highest BCUT2D eigenvalue weighted by molar-refractivity contribution is 5.66. The number of nitrogens with zero attached hydrogens (tertiary/aromatic N) is 1. The molecule has 0 radical (unpaired) electrons. The number of hydrogen-bond acceptors (Lipinski definition) is 3. The van der Waals surface area contributed by atoms with Gasteiger partial charge in [0.1, 0.15) is 5.75 Å². The molecular weight excluding hydrogens is 260 g/mol. The molecule has 0 aliphatic heterocycles. The molecule has 0 atom stereocenters. The molecule has 0 aromatic heterocycles. The summed E-state index contributed by atoms with van der Waals surface area (Å²) in [4.78, 5) is 2.21. The van der Waals surface area contributed by atoms with Crippen molar-refractivity contribution in [1.29, 1.82) is 0 Å². The summed E-state index contributed by atoms with van der Waals surface area (Å²) in [6.45, 7) is 5.19. The third-order valence-corrected chi connectivity index (χ3v) is 3.51. The van der Waals surface area contributed by atoms with Crippen molar-refractivity contribution in [2.24, 2.45) is 0 Å². The fraction of sp³-hybridized carbons (Fsp3) is 0.333. The summed E-state index contributed by atoms with van der Waals surface area (Å²) in [6, 6.07) is 17.1. The average Bonchev–Trinajstić information content (AvgIpc) is 2.52. The molecule has 2 aromatic carbocycles. The van der Waals surface area contributed by atoms with Crippen LogP contribution in [0.15, 0.2) is 48.5 Å². The number of para-hydroxylation sites is 1. The summed E-state index contributed by atoms with van der Waals surface area (Å²) in [6.07, 6.45) is 0. The number of rotatable bonds is 6. The molecule has 0 spiro atoms. The third-order valence-electron chi connectivity index (χ3n) is 3.51. The van der Waals surface area contributed by atoms with Gasteiger partial charge in [0.15, 0.2) is 0 Å². The number of nitrogens with one attached hydrogen (secondary N) is 1. The van der Waals surface area contributed by atoms with E-state index in [0.29, 0.717) is 6.04 Å². The van der Waals surface area contributed by atoms with Gasteiger partial charge in [-0.05, 0) is 35.9 Å². The summed E-state index contributed by atoms with van der Waals surface area (Å²) >= 11 is 0. The van der Waals surface area contributed by atoms with Gasteiger partial charge in [-0.2, -0.15) is 0 Å². The van der Waals surface area contributed by atoms with Gasteiger partial charge in [0, 0.05) is 31.0 Å². The van der Waals surface area contributed by atoms with E-state index < -0.39 is 0 Å². The van der Waals surface area contributed by atoms with E-state index in [9.17, 15) is 0 Å². The van der Waals surface area contributed by atoms with Gasteiger partial charge in [-0.1, -0.05) is 32.0 Å². The molecule has 3 nitrogen and oxygen atoms in total. The minimum absolute atomic E-state index is 0.476. The van der Waals surface area contributed by atoms with Crippen molar-refractivity contribution >= 4 is 11.4 Å². The summed E-state index contributed by atoms with van der Waals surface area (Å²) in [5.41, 5.74) is 3.66. The minimum atomic E-state index is 0.476. The van der Waals surface area contributed by atoms with Gasteiger partial charge in [-0.3, -0.25) is 0 Å². The smallest absolute Gasteiger partial charge is 0.119 e. The number of benzene rings is 2. The zero-order valence-electron chi connectivity index (χ0n) is 13.3. The molecule has 21 heavy (non-hydrogen) atoms. The van der Waals surface area contributed by atoms with Crippen LogP contribution in [0.3, 0.4) is 0 Å². The van der Waals surface area contributed by atoms with Crippen LogP contribution in [0.1, 0.15) is 19.4 Å². The average molecular weight is 284 g/mol. The highest BCUT2D eigenvalue weighted by Crippen LogP contribution is 2.28. The lowest BCUT2D eigenvalue weighted by atomic mass is 10.1. The van der Waals surface area contributed by atoms with Crippen LogP contribution in [0, 0.1) is 0 Å². The molecule has 2 rings (SSSR count). The molecule has 0 unspecified atom stereocenters. The second-order valence-corrected chi connectivity index (χ2v) is 5.42. The first-order valence-corrected chi connectivity index (χ1v) is 7.31. The van der Waals surface area contributed by atoms with Crippen molar-refractivity contribution in [3.63, 3.8) is 0 Å². The van der Waals surface area contributed by atoms with Crippen LogP contribution in [-0.4, -0.2) is 20.2 Å². The Kier molecular flexibility index (Phi) is 5.23. The van der Waals surface area contributed by atoms with Crippen molar-refractivity contribution in [2.45, 2.75) is 26.4 Å². The quantitative estimate of drug-likeness (QED) is 0.869. The Hall–Kier alpha value is -2.00. The molecule has 0 bridgehead atoms. The lowest BCUT2D eigenvalue weighted by Crippen LogP contribution is -2.23. The molecule has 3 heteroatoms. The summed E-state index contributed by atoms with van der Waals surface area (Å²) < 4.78 is 5.21. The first kappa shape index (κ1) is 15.4. The first-order valence-electron chi connectivity index (χ1n) is 7.31. The molecular formula is C18H24N2O. The molecule has 0 aliphatic carbocycles. The van der Waals surface area contributed by atoms with E-state index >= 15 is 0 Å². The van der Waals surface area contributed by atoms with Crippen LogP contribution >= 0.6 is 0 Å². The summed E-state index contributed by atoms with van der Waals surface area (Å²) in [5.74, 6) is 0.877. The highest BCUT2D eigenvalue weighted by Gasteiger charge is 2.09. The van der Waals surface area contributed by atoms with E-state index in [1.165, 1.54) is 11.3 Å². The lowest BCUT2D eigenvalue weighted by Gasteiger charge is -2.23. The highest BCUT2D eigenvalue weighted by atomic mass is 16.5. The second-order valence-electron chi connectivity index (χ2n) is 5.42. The van der Waals surface area contributed by atoms with E-state index in [2.05, 4.69) is 67.5 Å². The van der Waals surface area contributed by atoms with Crippen molar-refractivity contribution in [1.82, 2.24) is 5.32 Å². The Morgan fingerprint density at radius 2 is 1.71 bits per heavy atom. The van der Waals surface area contributed by atoms with Gasteiger partial charge < -0.3 is 15.0 Å². The third kappa shape index (κ3) is 3.99. The van der Waals surface area contributed by atoms with Crippen LogP contribution in [0.4, 0.5) is 11.4 Å². The van der Waals surface area contributed by atoms with Gasteiger partial charge >= 0.3 is 0 Å². The molecule has 1 N–H and O–H groups in total. The van der Waals surface area contributed by atoms with E-state index in [0.717, 1.165) is 18.0 Å². The number of methoxy groups -OCH3 is 1. The number of anilines is 2. The second kappa shape index (κ2) is 7.14. The topological polar surface area (TPSA) is 24.5 Å². The predicted octanol–water partition coefficient (Wildman–Crippen LogP) is 3.96. The summed E-state index contributed by atoms with van der Waals surface area (Å²) in [5, 5.41) is 3.48. The van der Waals surface area contributed by atoms with E-state index in [4.69, 9.17) is 4.74 Å². The zero-order valence-corrected chi connectivity index (χ0v) is 13.3. The van der Waals surface area contributed by atoms with E-state index in [1.807, 2.05) is 12.1 Å². The van der Waals surface area contributed by atoms with E-state index in [-0.39, 0.29) is 0 Å². The summed E-state index contributed by atoms with van der Waals surface area (Å²) in [7, 11) is 3.78. The normalized spacial score (nSPS) is 10.7. The lowest BCUT2D eigenvalue weighted by molar-refractivity contribution is 0.415. The Balaban J connectivity index is 2.23. The van der Waals surface area contributed by atoms with Crippen molar-refractivity contribution in [2.75, 3.05) is 19.1 Å². The van der Waals surface area contributed by atoms with Crippen LogP contribution in [-0.2, 0) is 6.54 Å². The molecule has 0 amide bonds. The van der Waals surface area contributed by atoms with Crippen LogP contribution < -0.4 is 15.0 Å². The van der Waals surface area contributed by atoms with Gasteiger partial charge in [0.2, 0.25) is 0 Å². The van der Waals surface area contributed by atoms with E-state index in [1.54, 1.807) is 7.11 Å². The predicted molar refractivity (Wildman–Crippen MR) is 89.5 cm³/mol. The zero-order chi connectivity index (χ0) is 15.2. The molecule has 0 fully saturated rings. The SMILES string of the molecule is COc1ccc(N(C)c2ccccc2CNC(C)C)cc1. The van der Waals surface area contributed by atoms with Crippen LogP contribution in [0.5, 0.6) is 5.75 Å². The monoisotopic (exact) mass is 284 g/mol. The maximum absolute atomic E-state index is 5.21. The van der Waals surface area contributed by atoms with Gasteiger partial charge in [0.25, 0.3) is 0 Å². The van der Waals surface area contributed by atoms with Crippen molar-refractivity contribution < 1.29 is 4.74 Å². The standard InChI is InChI=1S/C18H24N2O/c1-14(2)19-13-15-7-5-6-8-18(15)20(3)16-9-11-17(21-4)12-10-16/h5-12,14,19H,13H2,1-4H3. The van der Waals surface area contributed by atoms with Gasteiger partial charge in [-0.15, -0.1) is 0 Å². The van der Waals surface area contributed by atoms with Crippen LogP contribution in [0.2, 0.25) is 0 Å². The van der Waals surface area contributed by atoms with Gasteiger partial charge in [0.05, 0.1) is 7.11 Å². The molecule has 0 heterocycles. The maximum Gasteiger partial charge on any atom is 0.119 e. The first-order chi connectivity index (χ1) is 10.1. The maximum atomic E-state index is 5.21. The molecule has 0 aliphatic rings. The number of hydrogen-bond donors (Lipinski definition) is 1.